The Morgan fingerprint density at radius 3 is 1.18 bits per heavy atom. The fourth-order valence-electron chi connectivity index (χ4n) is 5.08. The normalized spacial score (nSPS) is 12.6. The van der Waals surface area contributed by atoms with Gasteiger partial charge < -0.3 is 10.6 Å². The molecule has 2 aromatic carbocycles. The molecule has 0 radical (unpaired) electrons. The van der Waals surface area contributed by atoms with Crippen LogP contribution >= 0.6 is 8.25 Å². The molecule has 7 nitrogen and oxygen atoms in total. The molecule has 0 spiro atoms. The molecular formula is C30H45N2O5P. The molecule has 0 atom stereocenters. The highest BCUT2D eigenvalue weighted by Crippen LogP contribution is 2.46. The lowest BCUT2D eigenvalue weighted by atomic mass is 9.79. The lowest BCUT2D eigenvalue weighted by Gasteiger charge is -2.42. The summed E-state index contributed by atoms with van der Waals surface area (Å²) < 4.78 is 25.9. The Morgan fingerprint density at radius 2 is 0.921 bits per heavy atom. The summed E-state index contributed by atoms with van der Waals surface area (Å²) in [5.41, 5.74) is -0.935. The van der Waals surface area contributed by atoms with Gasteiger partial charge in [0.2, 0.25) is 0 Å². The molecule has 8 heteroatoms. The highest BCUT2D eigenvalue weighted by Gasteiger charge is 2.51. The Hall–Kier alpha value is -2.47. The van der Waals surface area contributed by atoms with Crippen molar-refractivity contribution in [3.8, 4) is 0 Å². The van der Waals surface area contributed by atoms with Crippen LogP contribution < -0.4 is 10.6 Å². The maximum Gasteiger partial charge on any atom is 0.321 e. The first kappa shape index (κ1) is 31.7. The van der Waals surface area contributed by atoms with E-state index in [1.165, 1.54) is 0 Å². The minimum absolute atomic E-state index is 0.310. The van der Waals surface area contributed by atoms with Crippen molar-refractivity contribution in [1.29, 1.82) is 0 Å². The number of carbonyl (C=O) groups excluding carboxylic acids is 2. The Balaban J connectivity index is 2.29. The number of benzene rings is 2. The SMILES string of the molecule is CC(C)C(O[PH](=O)OC(C(=O)NCc1ccccc1)(C(C)C)C(C)C)(C(=O)NCc1ccccc1)C(C)C. The van der Waals surface area contributed by atoms with Crippen LogP contribution in [0.15, 0.2) is 60.7 Å². The Morgan fingerprint density at radius 1 is 0.632 bits per heavy atom. The maximum absolute atomic E-state index is 13.6. The van der Waals surface area contributed by atoms with Crippen molar-refractivity contribution in [2.75, 3.05) is 0 Å². The quantitative estimate of drug-likeness (QED) is 0.279. The van der Waals surface area contributed by atoms with Gasteiger partial charge >= 0.3 is 8.25 Å². The summed E-state index contributed by atoms with van der Waals surface area (Å²) in [6.07, 6.45) is 0. The predicted molar refractivity (Wildman–Crippen MR) is 153 cm³/mol. The van der Waals surface area contributed by atoms with Crippen LogP contribution in [-0.2, 0) is 36.3 Å². The van der Waals surface area contributed by atoms with E-state index >= 15 is 0 Å². The predicted octanol–water partition coefficient (Wildman–Crippen LogP) is 6.14. The largest absolute Gasteiger partial charge is 0.349 e. The molecule has 0 bridgehead atoms. The highest BCUT2D eigenvalue weighted by atomic mass is 31.1. The summed E-state index contributed by atoms with van der Waals surface area (Å²) in [6.45, 7) is 15.5. The molecule has 38 heavy (non-hydrogen) atoms. The van der Waals surface area contributed by atoms with Crippen molar-refractivity contribution in [2.45, 2.75) is 79.7 Å². The zero-order chi connectivity index (χ0) is 28.5. The van der Waals surface area contributed by atoms with Gasteiger partial charge in [-0.05, 0) is 34.8 Å². The first-order chi connectivity index (χ1) is 17.9. The molecule has 0 saturated carbocycles. The van der Waals surface area contributed by atoms with E-state index in [2.05, 4.69) is 10.6 Å². The van der Waals surface area contributed by atoms with E-state index in [1.807, 2.05) is 116 Å². The van der Waals surface area contributed by atoms with Crippen molar-refractivity contribution in [3.05, 3.63) is 71.8 Å². The van der Waals surface area contributed by atoms with E-state index in [9.17, 15) is 14.2 Å². The third-order valence-electron chi connectivity index (χ3n) is 7.24. The van der Waals surface area contributed by atoms with Crippen LogP contribution in [-0.4, -0.2) is 23.0 Å². The molecule has 0 fully saturated rings. The second kappa shape index (κ2) is 14.1. The summed E-state index contributed by atoms with van der Waals surface area (Å²) in [6, 6.07) is 19.1. The average Bonchev–Trinajstić information content (AvgIpc) is 2.87. The summed E-state index contributed by atoms with van der Waals surface area (Å²) in [4.78, 5) is 27.2. The van der Waals surface area contributed by atoms with E-state index in [4.69, 9.17) is 9.05 Å². The van der Waals surface area contributed by atoms with Gasteiger partial charge in [-0.2, -0.15) is 0 Å². The van der Waals surface area contributed by atoms with Gasteiger partial charge in [0.15, 0.2) is 11.2 Å². The number of amides is 2. The summed E-state index contributed by atoms with van der Waals surface area (Å²) in [7, 11) is -3.31. The highest BCUT2D eigenvalue weighted by molar-refractivity contribution is 7.33. The minimum Gasteiger partial charge on any atom is -0.349 e. The first-order valence-electron chi connectivity index (χ1n) is 13.4. The molecule has 2 amide bonds. The van der Waals surface area contributed by atoms with Crippen molar-refractivity contribution < 1.29 is 23.2 Å². The monoisotopic (exact) mass is 544 g/mol. The van der Waals surface area contributed by atoms with Gasteiger partial charge in [0.1, 0.15) is 0 Å². The van der Waals surface area contributed by atoms with Gasteiger partial charge in [-0.3, -0.25) is 23.2 Å². The van der Waals surface area contributed by atoms with Crippen LogP contribution in [0.4, 0.5) is 0 Å². The molecule has 2 N–H and O–H groups in total. The van der Waals surface area contributed by atoms with E-state index in [1.54, 1.807) is 0 Å². The van der Waals surface area contributed by atoms with Crippen LogP contribution in [0.2, 0.25) is 0 Å². The van der Waals surface area contributed by atoms with E-state index in [-0.39, 0.29) is 35.5 Å². The van der Waals surface area contributed by atoms with E-state index < -0.39 is 19.5 Å². The third kappa shape index (κ3) is 7.34. The lowest BCUT2D eigenvalue weighted by Crippen LogP contribution is -2.57. The van der Waals surface area contributed by atoms with Crippen molar-refractivity contribution in [1.82, 2.24) is 10.6 Å². The van der Waals surface area contributed by atoms with Crippen LogP contribution in [0.3, 0.4) is 0 Å². The number of rotatable bonds is 14. The van der Waals surface area contributed by atoms with Gasteiger partial charge in [-0.1, -0.05) is 116 Å². The molecule has 0 aliphatic heterocycles. The molecule has 0 aromatic heterocycles. The van der Waals surface area contributed by atoms with Crippen LogP contribution in [0.1, 0.15) is 66.5 Å². The average molecular weight is 545 g/mol. The second-order valence-corrected chi connectivity index (χ2v) is 11.9. The standard InChI is InChI=1S/C30H45N2O5P/c1-21(2)29(22(3)4,27(33)31-19-25-15-11-9-12-16-25)36-38(35)37-30(23(5)6,24(7)8)28(34)32-20-26-17-13-10-14-18-26/h9-18,21-24,38H,19-20H2,1-8H3,(H,31,33)(H,32,34). The third-order valence-corrected chi connectivity index (χ3v) is 8.25. The molecule has 0 aliphatic carbocycles. The zero-order valence-electron chi connectivity index (χ0n) is 24.0. The molecule has 2 rings (SSSR count). The summed E-state index contributed by atoms with van der Waals surface area (Å²) in [5, 5.41) is 5.91. The topological polar surface area (TPSA) is 93.7 Å². The molecular weight excluding hydrogens is 499 g/mol. The van der Waals surface area contributed by atoms with Crippen LogP contribution in [0.5, 0.6) is 0 Å². The van der Waals surface area contributed by atoms with Gasteiger partial charge in [-0.15, -0.1) is 0 Å². The minimum atomic E-state index is -3.31. The van der Waals surface area contributed by atoms with E-state index in [0.29, 0.717) is 13.1 Å². The fourth-order valence-corrected chi connectivity index (χ4v) is 6.80. The second-order valence-electron chi connectivity index (χ2n) is 11.0. The van der Waals surface area contributed by atoms with Crippen LogP contribution in [0.25, 0.3) is 0 Å². The van der Waals surface area contributed by atoms with Gasteiger partial charge in [0.05, 0.1) is 0 Å². The van der Waals surface area contributed by atoms with Crippen LogP contribution in [0, 0.1) is 23.7 Å². The molecule has 210 valence electrons. The van der Waals surface area contributed by atoms with Gasteiger partial charge in [-0.25, -0.2) is 0 Å². The fraction of sp³-hybridized carbons (Fsp3) is 0.533. The maximum atomic E-state index is 13.6. The number of nitrogens with one attached hydrogen (secondary N) is 2. The molecule has 0 aliphatic rings. The molecule has 0 unspecified atom stereocenters. The number of carbonyl (C=O) groups is 2. The molecule has 2 aromatic rings. The van der Waals surface area contributed by atoms with Crippen molar-refractivity contribution >= 4 is 20.1 Å². The smallest absolute Gasteiger partial charge is 0.321 e. The first-order valence-corrected chi connectivity index (χ1v) is 14.7. The van der Waals surface area contributed by atoms with Crippen molar-refractivity contribution in [2.24, 2.45) is 23.7 Å². The lowest BCUT2D eigenvalue weighted by molar-refractivity contribution is -0.153. The zero-order valence-corrected chi connectivity index (χ0v) is 25.0. The van der Waals surface area contributed by atoms with Crippen molar-refractivity contribution in [3.63, 3.8) is 0 Å². The molecule has 0 saturated heterocycles. The van der Waals surface area contributed by atoms with Gasteiger partial charge in [0.25, 0.3) is 11.8 Å². The molecule has 0 heterocycles. The number of hydrogen-bond acceptors (Lipinski definition) is 5. The summed E-state index contributed by atoms with van der Waals surface area (Å²) >= 11 is 0. The Labute approximate surface area is 229 Å². The van der Waals surface area contributed by atoms with E-state index in [0.717, 1.165) is 11.1 Å². The summed E-state index contributed by atoms with van der Waals surface area (Å²) in [5.74, 6) is -1.96. The Kier molecular flexibility index (Phi) is 11.8. The number of hydrogen-bond donors (Lipinski definition) is 2. The Bertz CT molecular complexity index is 955. The van der Waals surface area contributed by atoms with Gasteiger partial charge in [0, 0.05) is 13.1 Å².